The summed E-state index contributed by atoms with van der Waals surface area (Å²) in [7, 11) is 0. The molecule has 6 aromatic carbocycles. The summed E-state index contributed by atoms with van der Waals surface area (Å²) in [5.74, 6) is -0.971. The maximum absolute atomic E-state index is 15.8. The molecule has 0 aliphatic carbocycles. The Kier molecular flexibility index (Phi) is 16.5. The first-order chi connectivity index (χ1) is 31.0. The van der Waals surface area contributed by atoms with E-state index in [1.54, 1.807) is 60.7 Å². The van der Waals surface area contributed by atoms with Crippen molar-refractivity contribution in [3.8, 4) is 33.8 Å². The third kappa shape index (κ3) is 13.7. The SMILES string of the molecule is CCCCc1ccc(-c2ccc(Cc3c(Oc4cccc(C(F)OCC(F)(F)F)c4Cc4ccc(-c5ccc(CCCC)cc5F)cc4)cccc3C(F)OCC(F)(F)F)cc2)c(F)c1. The van der Waals surface area contributed by atoms with Crippen LogP contribution in [0.3, 0.4) is 0 Å². The van der Waals surface area contributed by atoms with Crippen LogP contribution in [-0.4, -0.2) is 25.6 Å². The van der Waals surface area contributed by atoms with Gasteiger partial charge in [0.15, 0.2) is 0 Å². The summed E-state index contributed by atoms with van der Waals surface area (Å²) in [6.45, 7) is 0.296. The standard InChI is InChI=1S/C52H48F10O3/c1-3-5-9-33-19-25-39(45(53)29-33)37-21-15-35(16-22-37)27-43-41(49(55)63-31-51(57,58)59)11-7-13-47(43)65-48-14-8-12-42(50(56)64-32-52(60,61)62)44(48)28-36-17-23-38(24-18-36)40-26-20-34(10-6-4-2)30-46(40)54/h7-8,11-26,29-30,49-50H,3-6,9-10,27-28,31-32H2,1-2H3. The molecule has 0 aliphatic heterocycles. The molecule has 6 aromatic rings. The van der Waals surface area contributed by atoms with Crippen molar-refractivity contribution in [3.63, 3.8) is 0 Å². The molecule has 0 bridgehead atoms. The molecule has 2 unspecified atom stereocenters. The predicted molar refractivity (Wildman–Crippen MR) is 231 cm³/mol. The maximum atomic E-state index is 15.8. The molecule has 0 spiro atoms. The van der Waals surface area contributed by atoms with Crippen LogP contribution in [0, 0.1) is 11.6 Å². The highest BCUT2D eigenvalue weighted by atomic mass is 19.4. The van der Waals surface area contributed by atoms with Crippen molar-refractivity contribution in [3.05, 3.63) is 177 Å². The molecule has 3 nitrogen and oxygen atoms in total. The first-order valence-electron chi connectivity index (χ1n) is 21.3. The minimum Gasteiger partial charge on any atom is -0.457 e. The summed E-state index contributed by atoms with van der Waals surface area (Å²) < 4.78 is 157. The summed E-state index contributed by atoms with van der Waals surface area (Å²) in [6, 6.07) is 31.2. The van der Waals surface area contributed by atoms with Gasteiger partial charge in [-0.2, -0.15) is 26.3 Å². The summed E-state index contributed by atoms with van der Waals surface area (Å²) in [6.07, 6.45) is -9.93. The molecular weight excluding hydrogens is 863 g/mol. The van der Waals surface area contributed by atoms with E-state index >= 15 is 17.6 Å². The summed E-state index contributed by atoms with van der Waals surface area (Å²) in [5, 5.41) is 0. The van der Waals surface area contributed by atoms with E-state index in [0.717, 1.165) is 49.7 Å². The Morgan fingerprint density at radius 1 is 0.477 bits per heavy atom. The molecule has 0 saturated heterocycles. The summed E-state index contributed by atoms with van der Waals surface area (Å²) >= 11 is 0. The van der Waals surface area contributed by atoms with Crippen molar-refractivity contribution < 1.29 is 58.1 Å². The lowest BCUT2D eigenvalue weighted by atomic mass is 9.95. The smallest absolute Gasteiger partial charge is 0.411 e. The van der Waals surface area contributed by atoms with Gasteiger partial charge in [0.1, 0.15) is 36.3 Å². The summed E-state index contributed by atoms with van der Waals surface area (Å²) in [4.78, 5) is 0. The molecule has 0 saturated carbocycles. The zero-order chi connectivity index (χ0) is 46.7. The first kappa shape index (κ1) is 48.8. The van der Waals surface area contributed by atoms with E-state index in [9.17, 15) is 26.3 Å². The van der Waals surface area contributed by atoms with Crippen LogP contribution in [0.2, 0.25) is 0 Å². The number of ether oxygens (including phenoxy) is 3. The van der Waals surface area contributed by atoms with Crippen LogP contribution in [0.4, 0.5) is 43.9 Å². The van der Waals surface area contributed by atoms with Crippen molar-refractivity contribution in [2.45, 2.75) is 90.3 Å². The number of halogens is 10. The molecule has 0 radical (unpaired) electrons. The highest BCUT2D eigenvalue weighted by Crippen LogP contribution is 2.40. The largest absolute Gasteiger partial charge is 0.457 e. The fourth-order valence-electron chi connectivity index (χ4n) is 7.46. The normalized spacial score (nSPS) is 12.9. The van der Waals surface area contributed by atoms with Crippen molar-refractivity contribution >= 4 is 0 Å². The van der Waals surface area contributed by atoms with Crippen molar-refractivity contribution in [1.29, 1.82) is 0 Å². The Morgan fingerprint density at radius 3 is 1.18 bits per heavy atom. The van der Waals surface area contributed by atoms with Gasteiger partial charge in [-0.3, -0.25) is 0 Å². The quantitative estimate of drug-likeness (QED) is 0.0714. The van der Waals surface area contributed by atoms with Gasteiger partial charge in [-0.1, -0.05) is 124 Å². The molecule has 2 atom stereocenters. The van der Waals surface area contributed by atoms with Crippen LogP contribution >= 0.6 is 0 Å². The van der Waals surface area contributed by atoms with Crippen molar-refractivity contribution in [2.24, 2.45) is 0 Å². The Balaban J connectivity index is 1.36. The van der Waals surface area contributed by atoms with Gasteiger partial charge in [0, 0.05) is 46.2 Å². The van der Waals surface area contributed by atoms with Gasteiger partial charge in [0.2, 0.25) is 12.7 Å². The van der Waals surface area contributed by atoms with E-state index in [2.05, 4.69) is 9.47 Å². The molecule has 6 rings (SSSR count). The van der Waals surface area contributed by atoms with Crippen LogP contribution in [0.5, 0.6) is 11.5 Å². The predicted octanol–water partition coefficient (Wildman–Crippen LogP) is 16.1. The monoisotopic (exact) mass is 910 g/mol. The third-order valence-electron chi connectivity index (χ3n) is 10.8. The molecule has 0 fully saturated rings. The molecule has 0 aliphatic rings. The van der Waals surface area contributed by atoms with Gasteiger partial charge in [0.25, 0.3) is 0 Å². The Morgan fingerprint density at radius 2 is 0.846 bits per heavy atom. The van der Waals surface area contributed by atoms with E-state index in [1.807, 2.05) is 26.0 Å². The van der Waals surface area contributed by atoms with Crippen molar-refractivity contribution in [2.75, 3.05) is 13.2 Å². The molecule has 13 heteroatoms. The zero-order valence-corrected chi connectivity index (χ0v) is 35.8. The van der Waals surface area contributed by atoms with Crippen molar-refractivity contribution in [1.82, 2.24) is 0 Å². The van der Waals surface area contributed by atoms with Crippen LogP contribution in [0.25, 0.3) is 22.3 Å². The number of aryl methyl sites for hydroxylation is 2. The van der Waals surface area contributed by atoms with Gasteiger partial charge in [0.05, 0.1) is 0 Å². The number of alkyl halides is 8. The van der Waals surface area contributed by atoms with E-state index in [0.29, 0.717) is 33.4 Å². The zero-order valence-electron chi connectivity index (χ0n) is 35.8. The maximum Gasteiger partial charge on any atom is 0.411 e. The molecule has 65 heavy (non-hydrogen) atoms. The molecule has 0 amide bonds. The molecule has 344 valence electrons. The molecule has 0 heterocycles. The topological polar surface area (TPSA) is 27.7 Å². The van der Waals surface area contributed by atoms with E-state index in [-0.39, 0.29) is 46.6 Å². The minimum absolute atomic E-state index is 0.0509. The highest BCUT2D eigenvalue weighted by molar-refractivity contribution is 5.66. The minimum atomic E-state index is -4.85. The number of unbranched alkanes of at least 4 members (excludes halogenated alkanes) is 2. The van der Waals surface area contributed by atoms with Crippen LogP contribution in [-0.2, 0) is 35.2 Å². The average molecular weight is 911 g/mol. The fraction of sp³-hybridized carbons (Fsp3) is 0.308. The van der Waals surface area contributed by atoms with E-state index < -0.39 is 49.9 Å². The number of benzene rings is 6. The van der Waals surface area contributed by atoms with Crippen LogP contribution in [0.1, 0.15) is 96.8 Å². The average Bonchev–Trinajstić information content (AvgIpc) is 3.27. The molecule has 0 aromatic heterocycles. The Hall–Kier alpha value is -5.66. The molecule has 0 N–H and O–H groups in total. The highest BCUT2D eigenvalue weighted by Gasteiger charge is 2.32. The van der Waals surface area contributed by atoms with E-state index in [4.69, 9.17) is 4.74 Å². The lowest BCUT2D eigenvalue weighted by Gasteiger charge is -2.22. The lowest BCUT2D eigenvalue weighted by molar-refractivity contribution is -0.203. The number of rotatable bonds is 20. The van der Waals surface area contributed by atoms with Gasteiger partial charge in [-0.15, -0.1) is 0 Å². The van der Waals surface area contributed by atoms with Gasteiger partial charge < -0.3 is 14.2 Å². The van der Waals surface area contributed by atoms with Gasteiger partial charge in [-0.05, 0) is 83.3 Å². The van der Waals surface area contributed by atoms with E-state index in [1.165, 1.54) is 48.5 Å². The van der Waals surface area contributed by atoms with Crippen LogP contribution < -0.4 is 4.74 Å². The second kappa shape index (κ2) is 22.0. The second-order valence-corrected chi connectivity index (χ2v) is 15.8. The number of hydrogen-bond acceptors (Lipinski definition) is 3. The second-order valence-electron chi connectivity index (χ2n) is 15.8. The lowest BCUT2D eigenvalue weighted by Crippen LogP contribution is -2.19. The Bertz CT molecular complexity index is 2310. The first-order valence-corrected chi connectivity index (χ1v) is 21.3. The fourth-order valence-corrected chi connectivity index (χ4v) is 7.46. The van der Waals surface area contributed by atoms with Gasteiger partial charge >= 0.3 is 12.4 Å². The molecular formula is C52H48F10O3. The van der Waals surface area contributed by atoms with Gasteiger partial charge in [-0.25, -0.2) is 17.6 Å². The number of hydrogen-bond donors (Lipinski definition) is 0. The van der Waals surface area contributed by atoms with Crippen LogP contribution in [0.15, 0.2) is 121 Å². The Labute approximate surface area is 372 Å². The third-order valence-corrected chi connectivity index (χ3v) is 10.8. The summed E-state index contributed by atoms with van der Waals surface area (Å²) in [5.41, 5.74) is 4.06.